The molecule has 101 valence electrons. The average molecular weight is 485 g/mol. The maximum atomic E-state index is 6.31. The van der Waals surface area contributed by atoms with Gasteiger partial charge in [-0.25, -0.2) is 0 Å². The van der Waals surface area contributed by atoms with Crippen LogP contribution in [0.3, 0.4) is 0 Å². The van der Waals surface area contributed by atoms with Crippen molar-refractivity contribution in [3.8, 4) is 0 Å². The van der Waals surface area contributed by atoms with Crippen molar-refractivity contribution in [3.63, 3.8) is 0 Å². The second kappa shape index (κ2) is 9.05. The van der Waals surface area contributed by atoms with Crippen molar-refractivity contribution < 1.29 is 3.07 Å². The van der Waals surface area contributed by atoms with Gasteiger partial charge in [-0.15, -0.1) is 0 Å². The third kappa shape index (κ3) is 5.19. The third-order valence-electron chi connectivity index (χ3n) is 2.76. The second-order valence-electron chi connectivity index (χ2n) is 4.36. The van der Waals surface area contributed by atoms with Crippen LogP contribution < -0.4 is 9.31 Å². The van der Waals surface area contributed by atoms with Crippen LogP contribution >= 0.6 is 30.1 Å². The first-order valence-electron chi connectivity index (χ1n) is 6.22. The second-order valence-corrected chi connectivity index (χ2v) is 12.0. The molecule has 18 heavy (non-hydrogen) atoms. The van der Waals surface area contributed by atoms with E-state index >= 15 is 0 Å². The van der Waals surface area contributed by atoms with E-state index in [1.807, 2.05) is 6.92 Å². The van der Waals surface area contributed by atoms with Gasteiger partial charge in [0, 0.05) is 0 Å². The quantitative estimate of drug-likeness (QED) is 0.363. The Hall–Kier alpha value is 1.02. The van der Waals surface area contributed by atoms with Crippen LogP contribution in [-0.4, -0.2) is 25.6 Å². The van der Waals surface area contributed by atoms with Crippen LogP contribution in [0.25, 0.3) is 0 Å². The van der Waals surface area contributed by atoms with E-state index in [0.29, 0.717) is 5.44 Å². The van der Waals surface area contributed by atoms with Gasteiger partial charge in [-0.2, -0.15) is 0 Å². The van der Waals surface area contributed by atoms with Crippen molar-refractivity contribution >= 4 is 53.9 Å². The molecule has 0 heterocycles. The number of hydrogen-bond acceptors (Lipinski definition) is 3. The van der Waals surface area contributed by atoms with Crippen molar-refractivity contribution in [1.82, 2.24) is 0 Å². The number of hydrogen-bond donors (Lipinski definition) is 1. The normalized spacial score (nSPS) is 14.8. The molecule has 2 unspecified atom stereocenters. The first-order chi connectivity index (χ1) is 8.60. The molecule has 1 aromatic rings. The van der Waals surface area contributed by atoms with E-state index in [1.165, 1.54) is 15.6 Å². The van der Waals surface area contributed by atoms with Crippen molar-refractivity contribution in [1.29, 1.82) is 0 Å². The number of halogens is 1. The molecule has 1 radical (unpaired) electrons. The van der Waals surface area contributed by atoms with E-state index in [2.05, 4.69) is 57.3 Å². The summed E-state index contributed by atoms with van der Waals surface area (Å²) in [4.78, 5) is 2.30. The molecule has 0 fully saturated rings. The van der Waals surface area contributed by atoms with Gasteiger partial charge in [0.25, 0.3) is 0 Å². The van der Waals surface area contributed by atoms with Crippen molar-refractivity contribution in [2.24, 2.45) is 5.73 Å². The van der Waals surface area contributed by atoms with Gasteiger partial charge in [-0.05, 0) is 0 Å². The Labute approximate surface area is 134 Å². The SMILES string of the molecule is CCCC([O][Sn]([CH3])[c]1ccccc1C(C)N)SI. The Morgan fingerprint density at radius 1 is 1.44 bits per heavy atom. The summed E-state index contributed by atoms with van der Waals surface area (Å²) in [6.07, 6.45) is 2.30. The van der Waals surface area contributed by atoms with Gasteiger partial charge in [0.15, 0.2) is 0 Å². The monoisotopic (exact) mass is 486 g/mol. The fraction of sp³-hybridized carbons (Fsp3) is 0.538. The predicted octanol–water partition coefficient (Wildman–Crippen LogP) is 3.76. The molecule has 1 aromatic carbocycles. The first-order valence-corrected chi connectivity index (χ1v) is 15.1. The molecule has 0 aliphatic heterocycles. The van der Waals surface area contributed by atoms with Crippen molar-refractivity contribution in [2.45, 2.75) is 43.1 Å². The topological polar surface area (TPSA) is 35.2 Å². The Morgan fingerprint density at radius 2 is 2.11 bits per heavy atom. The van der Waals surface area contributed by atoms with Gasteiger partial charge in [0.2, 0.25) is 0 Å². The zero-order valence-electron chi connectivity index (χ0n) is 11.2. The molecule has 2 atom stereocenters. The molecular weight excluding hydrogens is 464 g/mol. The Kier molecular flexibility index (Phi) is 8.58. The first kappa shape index (κ1) is 17.1. The summed E-state index contributed by atoms with van der Waals surface area (Å²) in [5, 5.41) is 0. The minimum absolute atomic E-state index is 0.0947. The molecule has 5 heteroatoms. The van der Waals surface area contributed by atoms with Crippen molar-refractivity contribution in [2.75, 3.05) is 0 Å². The Balaban J connectivity index is 2.79. The van der Waals surface area contributed by atoms with Crippen LogP contribution in [0.2, 0.25) is 4.94 Å². The van der Waals surface area contributed by atoms with Gasteiger partial charge >= 0.3 is 136 Å². The van der Waals surface area contributed by atoms with E-state index < -0.39 is 20.2 Å². The van der Waals surface area contributed by atoms with E-state index in [4.69, 9.17) is 8.81 Å². The molecule has 0 aliphatic carbocycles. The summed E-state index contributed by atoms with van der Waals surface area (Å²) >= 11 is 0.371. The molecule has 0 bridgehead atoms. The molecule has 2 N–H and O–H groups in total. The van der Waals surface area contributed by atoms with Crippen LogP contribution in [0.5, 0.6) is 0 Å². The molecular formula is C13H21INOSSn. The zero-order valence-corrected chi connectivity index (χ0v) is 17.0. The minimum atomic E-state index is -1.98. The number of benzene rings is 1. The van der Waals surface area contributed by atoms with E-state index in [0.717, 1.165) is 6.42 Å². The van der Waals surface area contributed by atoms with Gasteiger partial charge in [0.1, 0.15) is 0 Å². The predicted molar refractivity (Wildman–Crippen MR) is 91.7 cm³/mol. The van der Waals surface area contributed by atoms with Crippen LogP contribution in [0.15, 0.2) is 24.3 Å². The van der Waals surface area contributed by atoms with Crippen LogP contribution in [0, 0.1) is 0 Å². The van der Waals surface area contributed by atoms with E-state index in [-0.39, 0.29) is 6.04 Å². The van der Waals surface area contributed by atoms with Crippen LogP contribution in [-0.2, 0) is 3.07 Å². The summed E-state index contributed by atoms with van der Waals surface area (Å²) in [7, 11) is 1.80. The molecule has 0 saturated carbocycles. The maximum absolute atomic E-state index is 6.31. The fourth-order valence-corrected chi connectivity index (χ4v) is 11.1. The summed E-state index contributed by atoms with van der Waals surface area (Å²) in [5.41, 5.74) is 7.65. The van der Waals surface area contributed by atoms with E-state index in [1.54, 1.807) is 8.93 Å². The molecule has 0 aromatic heterocycles. The van der Waals surface area contributed by atoms with Gasteiger partial charge in [-0.3, -0.25) is 0 Å². The summed E-state index contributed by atoms with van der Waals surface area (Å²) in [6, 6.07) is 8.60. The number of nitrogens with two attached hydrogens (primary N) is 1. The molecule has 0 saturated heterocycles. The summed E-state index contributed by atoms with van der Waals surface area (Å²) in [5.74, 6) is 0. The number of rotatable bonds is 7. The molecule has 2 nitrogen and oxygen atoms in total. The standard InChI is InChI=1S/C8H10N.C4H8IOS.CH3.Sn/c1-7(9)8-5-3-2-4-6-8;1-2-3-4(6)7-5;;/h2-5,7H,9H2,1H3;4H,2-3H2,1H3;1H3;/q;-1;;+1. The Morgan fingerprint density at radius 3 is 2.67 bits per heavy atom. The van der Waals surface area contributed by atoms with Gasteiger partial charge in [-0.1, -0.05) is 0 Å². The molecule has 0 aliphatic rings. The molecule has 1 rings (SSSR count). The Bertz CT molecular complexity index is 365. The van der Waals surface area contributed by atoms with Crippen LogP contribution in [0.4, 0.5) is 0 Å². The molecule has 0 spiro atoms. The summed E-state index contributed by atoms with van der Waals surface area (Å²) in [6.45, 7) is 4.25. The van der Waals surface area contributed by atoms with Crippen LogP contribution in [0.1, 0.15) is 38.3 Å². The van der Waals surface area contributed by atoms with Gasteiger partial charge < -0.3 is 0 Å². The third-order valence-corrected chi connectivity index (χ3v) is 10.8. The summed E-state index contributed by atoms with van der Waals surface area (Å²) < 4.78 is 7.72. The van der Waals surface area contributed by atoms with E-state index in [9.17, 15) is 0 Å². The van der Waals surface area contributed by atoms with Crippen molar-refractivity contribution in [3.05, 3.63) is 29.8 Å². The fourth-order valence-electron chi connectivity index (χ4n) is 1.83. The van der Waals surface area contributed by atoms with Gasteiger partial charge in [0.05, 0.1) is 0 Å². The zero-order chi connectivity index (χ0) is 13.5. The molecule has 0 amide bonds. The average Bonchev–Trinajstić information content (AvgIpc) is 2.38.